The van der Waals surface area contributed by atoms with Gasteiger partial charge in [0.15, 0.2) is 0 Å². The highest BCUT2D eigenvalue weighted by molar-refractivity contribution is 6.31. The third kappa shape index (κ3) is 3.26. The summed E-state index contributed by atoms with van der Waals surface area (Å²) in [6.45, 7) is 0.352. The van der Waals surface area contributed by atoms with E-state index in [9.17, 15) is 4.79 Å². The number of fused-ring (bicyclic) bond motifs is 1. The van der Waals surface area contributed by atoms with Crippen molar-refractivity contribution in [2.75, 3.05) is 0 Å². The van der Waals surface area contributed by atoms with E-state index in [2.05, 4.69) is 17.2 Å². The van der Waals surface area contributed by atoms with E-state index in [4.69, 9.17) is 11.6 Å². The highest BCUT2D eigenvalue weighted by Crippen LogP contribution is 2.19. The zero-order valence-corrected chi connectivity index (χ0v) is 14.9. The molecule has 26 heavy (non-hydrogen) atoms. The summed E-state index contributed by atoms with van der Waals surface area (Å²) in [4.78, 5) is 12.9. The van der Waals surface area contributed by atoms with E-state index in [-0.39, 0.29) is 5.56 Å². The molecular weight excluding hydrogens is 344 g/mol. The smallest absolute Gasteiger partial charge is 0.267 e. The van der Waals surface area contributed by atoms with Gasteiger partial charge < -0.3 is 0 Å². The third-order valence-corrected chi connectivity index (χ3v) is 4.81. The summed E-state index contributed by atoms with van der Waals surface area (Å²) < 4.78 is 1.52. The Morgan fingerprint density at radius 3 is 2.23 bits per heavy atom. The monoisotopic (exact) mass is 360 g/mol. The summed E-state index contributed by atoms with van der Waals surface area (Å²) in [5.74, 6) is 0. The van der Waals surface area contributed by atoms with Crippen LogP contribution in [0, 0.1) is 0 Å². The minimum absolute atomic E-state index is 0.0997. The molecule has 4 rings (SSSR count). The average molecular weight is 361 g/mol. The quantitative estimate of drug-likeness (QED) is 0.529. The highest BCUT2D eigenvalue weighted by atomic mass is 35.5. The lowest BCUT2D eigenvalue weighted by Crippen LogP contribution is -2.25. The maximum absolute atomic E-state index is 12.9. The Balaban J connectivity index is 1.84. The van der Waals surface area contributed by atoms with Crippen LogP contribution in [0.15, 0.2) is 83.7 Å². The number of hydrogen-bond acceptors (Lipinski definition) is 2. The molecule has 3 nitrogen and oxygen atoms in total. The number of rotatable bonds is 4. The molecule has 128 valence electrons. The Bertz CT molecular complexity index is 1120. The zero-order valence-electron chi connectivity index (χ0n) is 14.1. The predicted molar refractivity (Wildman–Crippen MR) is 106 cm³/mol. The van der Waals surface area contributed by atoms with Crippen LogP contribution in [0.3, 0.4) is 0 Å². The molecule has 1 heterocycles. The molecule has 0 aliphatic heterocycles. The second-order valence-corrected chi connectivity index (χ2v) is 6.62. The van der Waals surface area contributed by atoms with Crippen molar-refractivity contribution in [3.63, 3.8) is 0 Å². The lowest BCUT2D eigenvalue weighted by atomic mass is 10.0. The van der Waals surface area contributed by atoms with Gasteiger partial charge in [-0.15, -0.1) is 0 Å². The molecule has 0 radical (unpaired) electrons. The van der Waals surface area contributed by atoms with Crippen LogP contribution in [0.1, 0.15) is 16.8 Å². The van der Waals surface area contributed by atoms with E-state index < -0.39 is 0 Å². The van der Waals surface area contributed by atoms with Crippen molar-refractivity contribution in [1.29, 1.82) is 0 Å². The molecule has 0 N–H and O–H groups in total. The minimum atomic E-state index is -0.0997. The van der Waals surface area contributed by atoms with E-state index in [0.717, 1.165) is 22.2 Å². The Morgan fingerprint density at radius 2 is 1.46 bits per heavy atom. The van der Waals surface area contributed by atoms with Crippen LogP contribution in [0.4, 0.5) is 0 Å². The normalized spacial score (nSPS) is 11.0. The van der Waals surface area contributed by atoms with Crippen LogP contribution >= 0.6 is 11.6 Å². The van der Waals surface area contributed by atoms with Gasteiger partial charge in [0, 0.05) is 16.8 Å². The van der Waals surface area contributed by atoms with Crippen molar-refractivity contribution >= 4 is 22.4 Å². The molecule has 0 saturated heterocycles. The number of hydrogen-bond donors (Lipinski definition) is 0. The molecule has 4 aromatic rings. The summed E-state index contributed by atoms with van der Waals surface area (Å²) in [6.07, 6.45) is 0.671. The first-order chi connectivity index (χ1) is 12.7. The van der Waals surface area contributed by atoms with Gasteiger partial charge in [-0.1, -0.05) is 78.3 Å². The van der Waals surface area contributed by atoms with Gasteiger partial charge in [0.25, 0.3) is 5.56 Å². The molecule has 0 spiro atoms. The summed E-state index contributed by atoms with van der Waals surface area (Å²) in [7, 11) is 0. The first kappa shape index (κ1) is 16.6. The SMILES string of the molecule is O=c1c2ccccc2c(Cc2ccccc2)nn1Cc1ccccc1Cl. The molecule has 0 saturated carbocycles. The molecule has 0 amide bonds. The molecule has 0 aliphatic carbocycles. The molecule has 1 aromatic heterocycles. The second kappa shape index (κ2) is 7.14. The van der Waals surface area contributed by atoms with Gasteiger partial charge in [-0.3, -0.25) is 4.79 Å². The Hall–Kier alpha value is -2.91. The van der Waals surface area contributed by atoms with Crippen molar-refractivity contribution in [1.82, 2.24) is 9.78 Å². The van der Waals surface area contributed by atoms with E-state index in [0.29, 0.717) is 23.4 Å². The Kier molecular flexibility index (Phi) is 4.55. The molecule has 3 aromatic carbocycles. The van der Waals surface area contributed by atoms with Crippen molar-refractivity contribution < 1.29 is 0 Å². The van der Waals surface area contributed by atoms with Gasteiger partial charge in [-0.05, 0) is 23.3 Å². The molecule has 0 fully saturated rings. The topological polar surface area (TPSA) is 34.9 Å². The molecular formula is C22H17ClN2O. The highest BCUT2D eigenvalue weighted by Gasteiger charge is 2.12. The fourth-order valence-electron chi connectivity index (χ4n) is 3.12. The van der Waals surface area contributed by atoms with Crippen molar-refractivity contribution in [3.8, 4) is 0 Å². The minimum Gasteiger partial charge on any atom is -0.267 e. The van der Waals surface area contributed by atoms with Crippen LogP contribution in [0.25, 0.3) is 10.8 Å². The zero-order chi connectivity index (χ0) is 17.9. The predicted octanol–water partition coefficient (Wildman–Crippen LogP) is 4.69. The second-order valence-electron chi connectivity index (χ2n) is 6.21. The Morgan fingerprint density at radius 1 is 0.808 bits per heavy atom. The number of nitrogens with zero attached hydrogens (tertiary/aromatic N) is 2. The number of halogens is 1. The van der Waals surface area contributed by atoms with Gasteiger partial charge in [-0.2, -0.15) is 5.10 Å². The third-order valence-electron chi connectivity index (χ3n) is 4.44. The largest absolute Gasteiger partial charge is 0.274 e. The number of benzene rings is 3. The van der Waals surface area contributed by atoms with E-state index in [1.165, 1.54) is 4.68 Å². The van der Waals surface area contributed by atoms with E-state index in [1.54, 1.807) is 0 Å². The summed E-state index contributed by atoms with van der Waals surface area (Å²) in [6, 6.07) is 25.3. The molecule has 0 atom stereocenters. The molecule has 4 heteroatoms. The van der Waals surface area contributed by atoms with Crippen LogP contribution in [0.5, 0.6) is 0 Å². The van der Waals surface area contributed by atoms with Crippen LogP contribution in [0.2, 0.25) is 5.02 Å². The maximum Gasteiger partial charge on any atom is 0.274 e. The first-order valence-corrected chi connectivity index (χ1v) is 8.86. The van der Waals surface area contributed by atoms with E-state index >= 15 is 0 Å². The van der Waals surface area contributed by atoms with Gasteiger partial charge in [-0.25, -0.2) is 4.68 Å². The molecule has 0 aliphatic rings. The van der Waals surface area contributed by atoms with Crippen molar-refractivity contribution in [2.24, 2.45) is 0 Å². The van der Waals surface area contributed by atoms with Crippen molar-refractivity contribution in [3.05, 3.63) is 111 Å². The summed E-state index contributed by atoms with van der Waals surface area (Å²) in [5.41, 5.74) is 2.83. The average Bonchev–Trinajstić information content (AvgIpc) is 2.68. The van der Waals surface area contributed by atoms with Crippen LogP contribution < -0.4 is 5.56 Å². The van der Waals surface area contributed by atoms with Gasteiger partial charge in [0.2, 0.25) is 0 Å². The number of aromatic nitrogens is 2. The first-order valence-electron chi connectivity index (χ1n) is 8.48. The van der Waals surface area contributed by atoms with Gasteiger partial charge in [0.1, 0.15) is 0 Å². The molecule has 0 bridgehead atoms. The van der Waals surface area contributed by atoms with Gasteiger partial charge >= 0.3 is 0 Å². The standard InChI is InChI=1S/C22H17ClN2O/c23-20-13-7-4-10-17(20)15-25-22(26)19-12-6-5-11-18(19)21(24-25)14-16-8-2-1-3-9-16/h1-13H,14-15H2. The maximum atomic E-state index is 12.9. The summed E-state index contributed by atoms with van der Waals surface area (Å²) >= 11 is 6.27. The summed E-state index contributed by atoms with van der Waals surface area (Å²) in [5, 5.41) is 6.90. The fraction of sp³-hybridized carbons (Fsp3) is 0.0909. The lowest BCUT2D eigenvalue weighted by Gasteiger charge is -2.12. The van der Waals surface area contributed by atoms with Crippen LogP contribution in [-0.4, -0.2) is 9.78 Å². The molecule has 0 unspecified atom stereocenters. The van der Waals surface area contributed by atoms with Crippen LogP contribution in [-0.2, 0) is 13.0 Å². The van der Waals surface area contributed by atoms with Gasteiger partial charge in [0.05, 0.1) is 17.6 Å². The fourth-order valence-corrected chi connectivity index (χ4v) is 3.32. The van der Waals surface area contributed by atoms with Crippen molar-refractivity contribution in [2.45, 2.75) is 13.0 Å². The Labute approximate surface area is 156 Å². The van der Waals surface area contributed by atoms with E-state index in [1.807, 2.05) is 66.7 Å². The lowest BCUT2D eigenvalue weighted by molar-refractivity contribution is 0.633.